The number of benzene rings is 2. The third-order valence-electron chi connectivity index (χ3n) is 4.87. The number of hydrogen-bond donors (Lipinski definition) is 0. The molecule has 26 heavy (non-hydrogen) atoms. The predicted molar refractivity (Wildman–Crippen MR) is 97.3 cm³/mol. The third-order valence-corrected chi connectivity index (χ3v) is 5.37. The van der Waals surface area contributed by atoms with E-state index in [1.54, 1.807) is 24.1 Å². The molecule has 2 aromatic carbocycles. The number of amides is 1. The lowest BCUT2D eigenvalue weighted by molar-refractivity contribution is -0.00662. The standard InChI is InChI=1S/C19H13Cl2NO4/c1-24-10-2-3-15-12(8-10)11-4-5-22-18(23)13-6-9(20)7-14(21)16(13)26-19(22)17(11)25-15/h2-3,6-8,19H,4-5H2,1H3. The first-order valence-corrected chi connectivity index (χ1v) is 8.88. The van der Waals surface area contributed by atoms with Crippen LogP contribution in [0.5, 0.6) is 11.5 Å². The average molecular weight is 390 g/mol. The van der Waals surface area contributed by atoms with Crippen LogP contribution in [-0.2, 0) is 6.42 Å². The molecule has 0 saturated heterocycles. The van der Waals surface area contributed by atoms with Crippen LogP contribution in [0.1, 0.15) is 27.9 Å². The maximum absolute atomic E-state index is 12.9. The number of fused-ring (bicyclic) bond motifs is 6. The topological polar surface area (TPSA) is 51.9 Å². The Morgan fingerprint density at radius 2 is 2.08 bits per heavy atom. The van der Waals surface area contributed by atoms with E-state index in [4.69, 9.17) is 37.1 Å². The Morgan fingerprint density at radius 3 is 2.88 bits per heavy atom. The van der Waals surface area contributed by atoms with Gasteiger partial charge in [-0.15, -0.1) is 0 Å². The van der Waals surface area contributed by atoms with E-state index in [1.165, 1.54) is 0 Å². The molecule has 2 aliphatic heterocycles. The highest BCUT2D eigenvalue weighted by Gasteiger charge is 2.42. The molecule has 3 aromatic rings. The quantitative estimate of drug-likeness (QED) is 0.597. The molecule has 132 valence electrons. The second kappa shape index (κ2) is 5.56. The summed E-state index contributed by atoms with van der Waals surface area (Å²) in [5.41, 5.74) is 2.14. The molecule has 0 spiro atoms. The van der Waals surface area contributed by atoms with Gasteiger partial charge in [-0.3, -0.25) is 9.69 Å². The zero-order valence-corrected chi connectivity index (χ0v) is 15.2. The van der Waals surface area contributed by atoms with Crippen molar-refractivity contribution in [2.75, 3.05) is 13.7 Å². The minimum absolute atomic E-state index is 0.163. The molecular weight excluding hydrogens is 377 g/mol. The van der Waals surface area contributed by atoms with Crippen LogP contribution in [0.4, 0.5) is 0 Å². The Bertz CT molecular complexity index is 1080. The molecule has 0 saturated carbocycles. The molecule has 0 radical (unpaired) electrons. The van der Waals surface area contributed by atoms with Gasteiger partial charge in [0.25, 0.3) is 5.91 Å². The second-order valence-electron chi connectivity index (χ2n) is 6.29. The number of furan rings is 1. The Kier molecular flexibility index (Phi) is 3.39. The molecule has 2 aliphatic rings. The van der Waals surface area contributed by atoms with E-state index >= 15 is 0 Å². The van der Waals surface area contributed by atoms with Gasteiger partial charge in [-0.25, -0.2) is 0 Å². The zero-order chi connectivity index (χ0) is 18.0. The van der Waals surface area contributed by atoms with Crippen molar-refractivity contribution in [2.45, 2.75) is 12.6 Å². The summed E-state index contributed by atoms with van der Waals surface area (Å²) in [6.45, 7) is 0.520. The van der Waals surface area contributed by atoms with Crippen molar-refractivity contribution < 1.29 is 18.7 Å². The number of methoxy groups -OCH3 is 1. The van der Waals surface area contributed by atoms with Gasteiger partial charge in [-0.1, -0.05) is 23.2 Å². The highest BCUT2D eigenvalue weighted by atomic mass is 35.5. The number of halogens is 2. The van der Waals surface area contributed by atoms with Crippen LogP contribution in [0, 0.1) is 0 Å². The number of nitrogens with zero attached hydrogens (tertiary/aromatic N) is 1. The molecular formula is C19H13Cl2NO4. The van der Waals surface area contributed by atoms with Crippen molar-refractivity contribution in [3.8, 4) is 11.5 Å². The lowest BCUT2D eigenvalue weighted by atomic mass is 9.99. The summed E-state index contributed by atoms with van der Waals surface area (Å²) in [5.74, 6) is 1.56. The maximum Gasteiger partial charge on any atom is 0.260 e. The third kappa shape index (κ3) is 2.14. The first-order valence-electron chi connectivity index (χ1n) is 8.13. The van der Waals surface area contributed by atoms with Crippen LogP contribution in [0.25, 0.3) is 11.0 Å². The molecule has 0 bridgehead atoms. The molecule has 5 rings (SSSR count). The smallest absolute Gasteiger partial charge is 0.260 e. The molecule has 3 heterocycles. The normalized spacial score (nSPS) is 18.2. The van der Waals surface area contributed by atoms with Gasteiger partial charge >= 0.3 is 0 Å². The van der Waals surface area contributed by atoms with Crippen molar-refractivity contribution in [1.29, 1.82) is 0 Å². The van der Waals surface area contributed by atoms with Crippen LogP contribution in [0.2, 0.25) is 10.0 Å². The average Bonchev–Trinajstić information content (AvgIpc) is 3.01. The SMILES string of the molecule is COc1ccc2oc3c(c2c1)CCN1C(=O)c2cc(Cl)cc(Cl)c2OC31. The summed E-state index contributed by atoms with van der Waals surface area (Å²) in [4.78, 5) is 14.6. The number of hydrogen-bond acceptors (Lipinski definition) is 4. The Morgan fingerprint density at radius 1 is 1.23 bits per heavy atom. The number of carbonyl (C=O) groups is 1. The lowest BCUT2D eigenvalue weighted by Crippen LogP contribution is -2.45. The van der Waals surface area contributed by atoms with Crippen LogP contribution < -0.4 is 9.47 Å². The maximum atomic E-state index is 12.9. The molecule has 1 aromatic heterocycles. The second-order valence-corrected chi connectivity index (χ2v) is 7.13. The highest BCUT2D eigenvalue weighted by molar-refractivity contribution is 6.36. The zero-order valence-electron chi connectivity index (χ0n) is 13.7. The van der Waals surface area contributed by atoms with Gasteiger partial charge in [-0.2, -0.15) is 0 Å². The van der Waals surface area contributed by atoms with Crippen molar-refractivity contribution in [3.05, 3.63) is 57.3 Å². The van der Waals surface area contributed by atoms with E-state index in [-0.39, 0.29) is 5.91 Å². The molecule has 1 atom stereocenters. The number of carbonyl (C=O) groups excluding carboxylic acids is 1. The summed E-state index contributed by atoms with van der Waals surface area (Å²) in [5, 5.41) is 1.69. The first kappa shape index (κ1) is 15.9. The lowest BCUT2D eigenvalue weighted by Gasteiger charge is -2.38. The fourth-order valence-corrected chi connectivity index (χ4v) is 4.19. The van der Waals surface area contributed by atoms with Crippen LogP contribution >= 0.6 is 23.2 Å². The molecule has 0 fully saturated rings. The fourth-order valence-electron chi connectivity index (χ4n) is 3.65. The Balaban J connectivity index is 1.67. The Labute approximate surface area is 159 Å². The highest BCUT2D eigenvalue weighted by Crippen LogP contribution is 2.46. The molecule has 7 heteroatoms. The van der Waals surface area contributed by atoms with E-state index in [2.05, 4.69) is 0 Å². The van der Waals surface area contributed by atoms with E-state index in [1.807, 2.05) is 18.2 Å². The summed E-state index contributed by atoms with van der Waals surface area (Å²) in [7, 11) is 1.63. The summed E-state index contributed by atoms with van der Waals surface area (Å²) in [6, 6.07) is 8.80. The minimum atomic E-state index is -0.643. The van der Waals surface area contributed by atoms with E-state index in [9.17, 15) is 4.79 Å². The predicted octanol–water partition coefficient (Wildman–Crippen LogP) is 4.84. The molecule has 1 amide bonds. The van der Waals surface area contributed by atoms with Gasteiger partial charge < -0.3 is 13.9 Å². The van der Waals surface area contributed by atoms with Crippen LogP contribution in [0.15, 0.2) is 34.7 Å². The summed E-state index contributed by atoms with van der Waals surface area (Å²) >= 11 is 12.3. The van der Waals surface area contributed by atoms with E-state index in [0.29, 0.717) is 40.1 Å². The Hall–Kier alpha value is -2.37. The first-order chi connectivity index (χ1) is 12.6. The van der Waals surface area contributed by atoms with Gasteiger partial charge in [0, 0.05) is 22.5 Å². The van der Waals surface area contributed by atoms with Gasteiger partial charge in [0.15, 0.2) is 11.5 Å². The van der Waals surface area contributed by atoms with Crippen molar-refractivity contribution in [2.24, 2.45) is 0 Å². The van der Waals surface area contributed by atoms with E-state index < -0.39 is 6.23 Å². The summed E-state index contributed by atoms with van der Waals surface area (Å²) in [6.07, 6.45) is 0.0286. The molecule has 0 aliphatic carbocycles. The monoisotopic (exact) mass is 389 g/mol. The molecule has 5 nitrogen and oxygen atoms in total. The molecule has 1 unspecified atom stereocenters. The minimum Gasteiger partial charge on any atom is -0.497 e. The summed E-state index contributed by atoms with van der Waals surface area (Å²) < 4.78 is 17.4. The van der Waals surface area contributed by atoms with Crippen LogP contribution in [0.3, 0.4) is 0 Å². The van der Waals surface area contributed by atoms with Gasteiger partial charge in [0.05, 0.1) is 17.7 Å². The van der Waals surface area contributed by atoms with Gasteiger partial charge in [0.2, 0.25) is 6.23 Å². The molecule has 0 N–H and O–H groups in total. The largest absolute Gasteiger partial charge is 0.497 e. The van der Waals surface area contributed by atoms with E-state index in [0.717, 1.165) is 22.3 Å². The van der Waals surface area contributed by atoms with Gasteiger partial charge in [0.1, 0.15) is 11.3 Å². The number of rotatable bonds is 1. The van der Waals surface area contributed by atoms with Crippen LogP contribution in [-0.4, -0.2) is 24.5 Å². The number of ether oxygens (including phenoxy) is 2. The van der Waals surface area contributed by atoms with Crippen molar-refractivity contribution >= 4 is 40.1 Å². The van der Waals surface area contributed by atoms with Crippen molar-refractivity contribution in [1.82, 2.24) is 4.90 Å². The van der Waals surface area contributed by atoms with Gasteiger partial charge in [-0.05, 0) is 36.8 Å². The van der Waals surface area contributed by atoms with Crippen molar-refractivity contribution in [3.63, 3.8) is 0 Å². The fraction of sp³-hybridized carbons (Fsp3) is 0.211.